The molecule has 4 nitrogen and oxygen atoms in total. The molecule has 4 heterocycles. The quantitative estimate of drug-likeness (QED) is 0.679. The summed E-state index contributed by atoms with van der Waals surface area (Å²) in [6, 6.07) is 0. The zero-order valence-corrected chi connectivity index (χ0v) is 11.3. The zero-order valence-electron chi connectivity index (χ0n) is 11.3. The SMILES string of the molecule is C1CC(C2COC3(CCC4OC4C3)OC2)C2CC1O2. The maximum atomic E-state index is 6.18. The maximum Gasteiger partial charge on any atom is 0.170 e. The molecule has 6 aliphatic rings. The normalized spacial score (nSPS) is 59.4. The van der Waals surface area contributed by atoms with Gasteiger partial charge in [0.05, 0.1) is 37.6 Å². The molecular formula is C15H22O4. The number of epoxide rings is 1. The van der Waals surface area contributed by atoms with E-state index in [0.717, 1.165) is 32.5 Å². The highest BCUT2D eigenvalue weighted by molar-refractivity contribution is 4.99. The van der Waals surface area contributed by atoms with E-state index in [9.17, 15) is 0 Å². The molecule has 5 atom stereocenters. The summed E-state index contributed by atoms with van der Waals surface area (Å²) >= 11 is 0. The van der Waals surface area contributed by atoms with Crippen LogP contribution in [0.2, 0.25) is 0 Å². The Bertz CT molecular complexity index is 368. The monoisotopic (exact) mass is 266 g/mol. The second-order valence-corrected chi connectivity index (χ2v) is 7.02. The van der Waals surface area contributed by atoms with Crippen LogP contribution in [0.4, 0.5) is 0 Å². The predicted octanol–water partition coefficient (Wildman–Crippen LogP) is 1.86. The maximum absolute atomic E-state index is 6.18. The Labute approximate surface area is 113 Å². The summed E-state index contributed by atoms with van der Waals surface area (Å²) in [4.78, 5) is 0. The summed E-state index contributed by atoms with van der Waals surface area (Å²) in [5, 5.41) is 0. The van der Waals surface area contributed by atoms with Crippen molar-refractivity contribution in [2.75, 3.05) is 13.2 Å². The fourth-order valence-electron chi connectivity index (χ4n) is 4.56. The minimum absolute atomic E-state index is 0.314. The first kappa shape index (κ1) is 11.5. The van der Waals surface area contributed by atoms with Gasteiger partial charge in [0.25, 0.3) is 0 Å². The van der Waals surface area contributed by atoms with Crippen molar-refractivity contribution in [2.24, 2.45) is 11.8 Å². The van der Waals surface area contributed by atoms with Crippen molar-refractivity contribution in [2.45, 2.75) is 68.7 Å². The Balaban J connectivity index is 1.23. The first-order chi connectivity index (χ1) is 9.31. The van der Waals surface area contributed by atoms with Crippen molar-refractivity contribution in [3.63, 3.8) is 0 Å². The minimum atomic E-state index is -0.314. The van der Waals surface area contributed by atoms with Crippen molar-refractivity contribution in [3.05, 3.63) is 0 Å². The van der Waals surface area contributed by atoms with Crippen molar-refractivity contribution >= 4 is 0 Å². The van der Waals surface area contributed by atoms with E-state index in [2.05, 4.69) is 0 Å². The number of fused-ring (bicyclic) bond motifs is 3. The Morgan fingerprint density at radius 2 is 1.68 bits per heavy atom. The van der Waals surface area contributed by atoms with Crippen LogP contribution < -0.4 is 0 Å². The molecule has 0 radical (unpaired) electrons. The second kappa shape index (κ2) is 3.94. The number of hydrogen-bond donors (Lipinski definition) is 0. The van der Waals surface area contributed by atoms with Crippen molar-refractivity contribution in [3.8, 4) is 0 Å². The lowest BCUT2D eigenvalue weighted by atomic mass is 9.73. The molecule has 2 aliphatic carbocycles. The Morgan fingerprint density at radius 1 is 0.842 bits per heavy atom. The lowest BCUT2D eigenvalue weighted by Gasteiger charge is -2.51. The highest BCUT2D eigenvalue weighted by atomic mass is 16.7. The molecule has 0 aromatic carbocycles. The smallest absolute Gasteiger partial charge is 0.170 e. The first-order valence-corrected chi connectivity index (χ1v) is 7.90. The van der Waals surface area contributed by atoms with E-state index < -0.39 is 0 Å². The van der Waals surface area contributed by atoms with Crippen LogP contribution in [0.1, 0.15) is 38.5 Å². The van der Waals surface area contributed by atoms with Gasteiger partial charge in [-0.25, -0.2) is 0 Å². The standard InChI is InChI=1S/C15H22O4/c1-2-11(13-5-10(1)18-13)9-7-16-15(17-8-9)4-3-12-14(6-15)19-12/h9-14H,1-8H2. The molecule has 0 aromatic rings. The Hall–Kier alpha value is -0.160. The molecule has 6 fully saturated rings. The van der Waals surface area contributed by atoms with E-state index in [4.69, 9.17) is 18.9 Å². The molecule has 6 rings (SSSR count). The van der Waals surface area contributed by atoms with E-state index in [1.807, 2.05) is 0 Å². The van der Waals surface area contributed by atoms with Gasteiger partial charge < -0.3 is 18.9 Å². The highest BCUT2D eigenvalue weighted by Crippen LogP contribution is 2.48. The summed E-state index contributed by atoms with van der Waals surface area (Å²) in [6.45, 7) is 1.71. The average molecular weight is 266 g/mol. The van der Waals surface area contributed by atoms with Crippen LogP contribution in [0.25, 0.3) is 0 Å². The summed E-state index contributed by atoms with van der Waals surface area (Å²) in [6.07, 6.45) is 8.84. The van der Waals surface area contributed by atoms with Gasteiger partial charge in [-0.2, -0.15) is 0 Å². The molecule has 2 saturated carbocycles. The number of hydrogen-bond acceptors (Lipinski definition) is 4. The zero-order chi connectivity index (χ0) is 12.4. The highest BCUT2D eigenvalue weighted by Gasteiger charge is 2.54. The summed E-state index contributed by atoms with van der Waals surface area (Å²) in [5.74, 6) is 0.886. The van der Waals surface area contributed by atoms with E-state index in [-0.39, 0.29) is 5.79 Å². The van der Waals surface area contributed by atoms with Crippen LogP contribution in [0.15, 0.2) is 0 Å². The van der Waals surface area contributed by atoms with Gasteiger partial charge in [0.2, 0.25) is 0 Å². The van der Waals surface area contributed by atoms with Crippen molar-refractivity contribution in [1.29, 1.82) is 0 Å². The van der Waals surface area contributed by atoms with Crippen LogP contribution in [0.5, 0.6) is 0 Å². The molecule has 0 aromatic heterocycles. The van der Waals surface area contributed by atoms with Crippen LogP contribution in [0.3, 0.4) is 0 Å². The predicted molar refractivity (Wildman–Crippen MR) is 66.6 cm³/mol. The molecule has 2 bridgehead atoms. The van der Waals surface area contributed by atoms with Gasteiger partial charge in [-0.05, 0) is 25.2 Å². The molecule has 4 heteroatoms. The first-order valence-electron chi connectivity index (χ1n) is 7.90. The summed E-state index contributed by atoms with van der Waals surface area (Å²) in [5.41, 5.74) is 0. The summed E-state index contributed by atoms with van der Waals surface area (Å²) in [7, 11) is 0. The van der Waals surface area contributed by atoms with Crippen molar-refractivity contribution < 1.29 is 18.9 Å². The molecule has 4 aliphatic heterocycles. The molecule has 5 unspecified atom stereocenters. The van der Waals surface area contributed by atoms with E-state index >= 15 is 0 Å². The molecule has 1 spiro atoms. The number of ether oxygens (including phenoxy) is 4. The lowest BCUT2D eigenvalue weighted by Crippen LogP contribution is -2.55. The molecule has 106 valence electrons. The third kappa shape index (κ3) is 1.80. The molecule has 0 amide bonds. The molecule has 0 N–H and O–H groups in total. The topological polar surface area (TPSA) is 40.2 Å². The number of rotatable bonds is 1. The third-order valence-electron chi connectivity index (χ3n) is 5.90. The van der Waals surface area contributed by atoms with Gasteiger partial charge in [-0.1, -0.05) is 0 Å². The molecule has 19 heavy (non-hydrogen) atoms. The van der Waals surface area contributed by atoms with Gasteiger partial charge >= 0.3 is 0 Å². The van der Waals surface area contributed by atoms with E-state index in [0.29, 0.717) is 36.3 Å². The van der Waals surface area contributed by atoms with Gasteiger partial charge in [-0.3, -0.25) is 0 Å². The van der Waals surface area contributed by atoms with Gasteiger partial charge in [0.1, 0.15) is 0 Å². The van der Waals surface area contributed by atoms with Gasteiger partial charge in [0, 0.05) is 25.2 Å². The lowest BCUT2D eigenvalue weighted by molar-refractivity contribution is -0.309. The summed E-state index contributed by atoms with van der Waals surface area (Å²) < 4.78 is 23.8. The van der Waals surface area contributed by atoms with E-state index in [1.165, 1.54) is 19.3 Å². The van der Waals surface area contributed by atoms with Crippen LogP contribution in [-0.2, 0) is 18.9 Å². The third-order valence-corrected chi connectivity index (χ3v) is 5.90. The largest absolute Gasteiger partial charge is 0.374 e. The minimum Gasteiger partial charge on any atom is -0.374 e. The molecule has 4 saturated heterocycles. The van der Waals surface area contributed by atoms with Crippen molar-refractivity contribution in [1.82, 2.24) is 0 Å². The van der Waals surface area contributed by atoms with Crippen LogP contribution in [0, 0.1) is 11.8 Å². The Morgan fingerprint density at radius 3 is 2.37 bits per heavy atom. The Kier molecular flexibility index (Phi) is 2.38. The average Bonchev–Trinajstić information content (AvgIpc) is 3.17. The fourth-order valence-corrected chi connectivity index (χ4v) is 4.56. The van der Waals surface area contributed by atoms with Gasteiger partial charge in [0.15, 0.2) is 5.79 Å². The van der Waals surface area contributed by atoms with Crippen LogP contribution >= 0.6 is 0 Å². The van der Waals surface area contributed by atoms with E-state index in [1.54, 1.807) is 0 Å². The second-order valence-electron chi connectivity index (χ2n) is 7.02. The molecular weight excluding hydrogens is 244 g/mol. The fraction of sp³-hybridized carbons (Fsp3) is 1.00. The van der Waals surface area contributed by atoms with Gasteiger partial charge in [-0.15, -0.1) is 0 Å². The van der Waals surface area contributed by atoms with Crippen LogP contribution in [-0.4, -0.2) is 43.4 Å².